The number of furan rings is 1. The Balaban J connectivity index is 1.70. The van der Waals surface area contributed by atoms with E-state index in [9.17, 15) is 4.79 Å². The van der Waals surface area contributed by atoms with Crippen LogP contribution >= 0.6 is 23.2 Å². The molecule has 118 valence electrons. The van der Waals surface area contributed by atoms with Crippen molar-refractivity contribution in [1.29, 1.82) is 0 Å². The molecule has 0 saturated heterocycles. The third-order valence-electron chi connectivity index (χ3n) is 2.90. The van der Waals surface area contributed by atoms with E-state index in [0.29, 0.717) is 21.6 Å². The molecule has 0 spiro atoms. The van der Waals surface area contributed by atoms with E-state index in [1.165, 1.54) is 12.4 Å². The van der Waals surface area contributed by atoms with Crippen molar-refractivity contribution >= 4 is 35.1 Å². The molecule has 0 bridgehead atoms. The highest BCUT2D eigenvalue weighted by atomic mass is 35.5. The van der Waals surface area contributed by atoms with Crippen LogP contribution in [0.25, 0.3) is 0 Å². The van der Waals surface area contributed by atoms with Crippen molar-refractivity contribution in [1.82, 2.24) is 14.8 Å². The topological polar surface area (TPSA) is 96.2 Å². The normalized spacial score (nSPS) is 10.7. The number of hydrogen-bond donors (Lipinski definition) is 1. The molecule has 0 aliphatic carbocycles. The zero-order valence-corrected chi connectivity index (χ0v) is 13.1. The van der Waals surface area contributed by atoms with E-state index in [4.69, 9.17) is 38.1 Å². The minimum atomic E-state index is -0.518. The van der Waals surface area contributed by atoms with Crippen molar-refractivity contribution in [2.75, 3.05) is 5.73 Å². The third kappa shape index (κ3) is 3.30. The van der Waals surface area contributed by atoms with Gasteiger partial charge in [0.2, 0.25) is 5.95 Å². The SMILES string of the molecule is Nc1ncnn1C(=O)c1ccc(COc2ccc(Cl)cc2Cl)o1. The average Bonchev–Trinajstić information content (AvgIpc) is 3.15. The molecule has 9 heteroatoms. The summed E-state index contributed by atoms with van der Waals surface area (Å²) in [6.07, 6.45) is 1.18. The highest BCUT2D eigenvalue weighted by Gasteiger charge is 2.17. The number of hydrogen-bond acceptors (Lipinski definition) is 6. The van der Waals surface area contributed by atoms with Crippen LogP contribution in [0.15, 0.2) is 41.1 Å². The molecule has 0 amide bonds. The summed E-state index contributed by atoms with van der Waals surface area (Å²) in [7, 11) is 0. The summed E-state index contributed by atoms with van der Waals surface area (Å²) in [5.74, 6) is 0.440. The predicted molar refractivity (Wildman–Crippen MR) is 83.7 cm³/mol. The minimum Gasteiger partial charge on any atom is -0.484 e. The second-order valence-electron chi connectivity index (χ2n) is 4.46. The van der Waals surface area contributed by atoms with Crippen LogP contribution in [0.3, 0.4) is 0 Å². The Hall–Kier alpha value is -2.51. The number of benzene rings is 1. The van der Waals surface area contributed by atoms with E-state index in [1.54, 1.807) is 24.3 Å². The lowest BCUT2D eigenvalue weighted by Crippen LogP contribution is -2.15. The van der Waals surface area contributed by atoms with E-state index in [-0.39, 0.29) is 18.3 Å². The number of carbonyl (C=O) groups is 1. The maximum absolute atomic E-state index is 12.1. The van der Waals surface area contributed by atoms with Crippen LogP contribution in [0.1, 0.15) is 16.3 Å². The van der Waals surface area contributed by atoms with E-state index in [0.717, 1.165) is 4.68 Å². The van der Waals surface area contributed by atoms with Gasteiger partial charge in [0.05, 0.1) is 5.02 Å². The maximum atomic E-state index is 12.1. The highest BCUT2D eigenvalue weighted by molar-refractivity contribution is 6.35. The first-order chi connectivity index (χ1) is 11.0. The van der Waals surface area contributed by atoms with Crippen molar-refractivity contribution in [2.24, 2.45) is 0 Å². The molecule has 0 unspecified atom stereocenters. The zero-order chi connectivity index (χ0) is 16.4. The molecule has 0 aliphatic rings. The smallest absolute Gasteiger partial charge is 0.317 e. The number of anilines is 1. The number of ether oxygens (including phenoxy) is 1. The lowest BCUT2D eigenvalue weighted by molar-refractivity contribution is 0.0916. The Bertz CT molecular complexity index is 859. The van der Waals surface area contributed by atoms with Gasteiger partial charge in [0.15, 0.2) is 5.76 Å². The zero-order valence-electron chi connectivity index (χ0n) is 11.6. The number of rotatable bonds is 4. The fourth-order valence-electron chi connectivity index (χ4n) is 1.82. The number of nitrogen functional groups attached to an aromatic ring is 1. The van der Waals surface area contributed by atoms with E-state index >= 15 is 0 Å². The van der Waals surface area contributed by atoms with Crippen molar-refractivity contribution in [3.8, 4) is 5.75 Å². The van der Waals surface area contributed by atoms with Gasteiger partial charge >= 0.3 is 5.91 Å². The molecule has 0 saturated carbocycles. The average molecular weight is 353 g/mol. The van der Waals surface area contributed by atoms with E-state index in [2.05, 4.69) is 10.1 Å². The Morgan fingerprint density at radius 1 is 1.30 bits per heavy atom. The van der Waals surface area contributed by atoms with Gasteiger partial charge in [-0.1, -0.05) is 23.2 Å². The standard InChI is InChI=1S/C14H10Cl2N4O3/c15-8-1-3-11(10(16)5-8)22-6-9-2-4-12(23-9)13(21)20-14(17)18-7-19-20/h1-5,7H,6H2,(H2,17,18,19). The van der Waals surface area contributed by atoms with Crippen molar-refractivity contribution < 1.29 is 13.9 Å². The molecule has 3 aromatic rings. The molecular formula is C14H10Cl2N4O3. The molecule has 0 aliphatic heterocycles. The molecule has 3 rings (SSSR count). The summed E-state index contributed by atoms with van der Waals surface area (Å²) in [6, 6.07) is 8.00. The summed E-state index contributed by atoms with van der Waals surface area (Å²) in [6.45, 7) is 0.0987. The van der Waals surface area contributed by atoms with Gasteiger partial charge in [-0.25, -0.2) is 0 Å². The van der Waals surface area contributed by atoms with Gasteiger partial charge in [0.1, 0.15) is 24.4 Å². The number of carbonyl (C=O) groups excluding carboxylic acids is 1. The van der Waals surface area contributed by atoms with Gasteiger partial charge in [-0.2, -0.15) is 9.67 Å². The van der Waals surface area contributed by atoms with Gasteiger partial charge in [0, 0.05) is 5.02 Å². The molecule has 2 aromatic heterocycles. The van der Waals surface area contributed by atoms with Crippen molar-refractivity contribution in [2.45, 2.75) is 6.61 Å². The molecule has 7 nitrogen and oxygen atoms in total. The summed E-state index contributed by atoms with van der Waals surface area (Å²) in [5.41, 5.74) is 5.53. The lowest BCUT2D eigenvalue weighted by atomic mass is 10.3. The Morgan fingerprint density at radius 2 is 2.13 bits per heavy atom. The molecular weight excluding hydrogens is 343 g/mol. The molecule has 0 fully saturated rings. The van der Waals surface area contributed by atoms with Crippen LogP contribution in [0.5, 0.6) is 5.75 Å². The van der Waals surface area contributed by atoms with Gasteiger partial charge < -0.3 is 14.9 Å². The van der Waals surface area contributed by atoms with Crippen LogP contribution in [0.4, 0.5) is 5.95 Å². The monoisotopic (exact) mass is 352 g/mol. The molecule has 23 heavy (non-hydrogen) atoms. The van der Waals surface area contributed by atoms with Crippen LogP contribution in [-0.2, 0) is 6.61 Å². The van der Waals surface area contributed by atoms with Crippen LogP contribution in [0, 0.1) is 0 Å². The van der Waals surface area contributed by atoms with Gasteiger partial charge in [0.25, 0.3) is 0 Å². The Kier molecular flexibility index (Phi) is 4.22. The largest absolute Gasteiger partial charge is 0.484 e. The first-order valence-corrected chi connectivity index (χ1v) is 7.17. The molecule has 0 radical (unpaired) electrons. The number of halogens is 2. The van der Waals surface area contributed by atoms with Crippen LogP contribution in [0.2, 0.25) is 10.0 Å². The summed E-state index contributed by atoms with van der Waals surface area (Å²) in [5, 5.41) is 4.62. The second-order valence-corrected chi connectivity index (χ2v) is 5.31. The fraction of sp³-hybridized carbons (Fsp3) is 0.0714. The first-order valence-electron chi connectivity index (χ1n) is 6.41. The lowest BCUT2D eigenvalue weighted by Gasteiger charge is -2.06. The first kappa shape index (κ1) is 15.4. The summed E-state index contributed by atoms with van der Waals surface area (Å²) in [4.78, 5) is 15.8. The Morgan fingerprint density at radius 3 is 2.83 bits per heavy atom. The van der Waals surface area contributed by atoms with Gasteiger partial charge in [-0.05, 0) is 30.3 Å². The van der Waals surface area contributed by atoms with Gasteiger partial charge in [-0.3, -0.25) is 4.79 Å². The number of nitrogens with two attached hydrogens (primary N) is 1. The van der Waals surface area contributed by atoms with Crippen molar-refractivity contribution in [3.05, 3.63) is 58.2 Å². The highest BCUT2D eigenvalue weighted by Crippen LogP contribution is 2.28. The number of aromatic nitrogens is 3. The molecule has 1 aromatic carbocycles. The summed E-state index contributed by atoms with van der Waals surface area (Å²) < 4.78 is 11.9. The van der Waals surface area contributed by atoms with E-state index < -0.39 is 5.91 Å². The minimum absolute atomic E-state index is 0.0165. The third-order valence-corrected chi connectivity index (χ3v) is 3.43. The molecule has 2 N–H and O–H groups in total. The molecule has 2 heterocycles. The molecule has 0 atom stereocenters. The van der Waals surface area contributed by atoms with Crippen molar-refractivity contribution in [3.63, 3.8) is 0 Å². The maximum Gasteiger partial charge on any atom is 0.317 e. The quantitative estimate of drug-likeness (QED) is 0.775. The van der Waals surface area contributed by atoms with Crippen LogP contribution in [-0.4, -0.2) is 20.7 Å². The second kappa shape index (κ2) is 6.31. The number of nitrogens with zero attached hydrogens (tertiary/aromatic N) is 3. The van der Waals surface area contributed by atoms with Gasteiger partial charge in [-0.15, -0.1) is 5.10 Å². The predicted octanol–water partition coefficient (Wildman–Crippen LogP) is 3.03. The van der Waals surface area contributed by atoms with E-state index in [1.807, 2.05) is 0 Å². The fourth-order valence-corrected chi connectivity index (χ4v) is 2.29. The summed E-state index contributed by atoms with van der Waals surface area (Å²) >= 11 is 11.8. The Labute approximate surface area is 140 Å². The van der Waals surface area contributed by atoms with Crippen LogP contribution < -0.4 is 10.5 Å².